The number of nitrogens with zero attached hydrogens (tertiary/aromatic N) is 3. The molecule has 1 aromatic carbocycles. The van der Waals surface area contributed by atoms with E-state index in [1.165, 1.54) is 12.1 Å². The third-order valence-corrected chi connectivity index (χ3v) is 4.07. The Kier molecular flexibility index (Phi) is 4.86. The molecule has 0 fully saturated rings. The number of hydrogen-bond donors (Lipinski definition) is 0. The van der Waals surface area contributed by atoms with E-state index in [1.807, 2.05) is 0 Å². The van der Waals surface area contributed by atoms with Crippen LogP contribution in [0.4, 0.5) is 13.2 Å². The van der Waals surface area contributed by atoms with E-state index in [2.05, 4.69) is 15.2 Å². The Bertz CT molecular complexity index is 953. The number of rotatable bonds is 2. The molecule has 0 aliphatic rings. The molecule has 2 heterocycles. The van der Waals surface area contributed by atoms with Crippen LogP contribution < -0.4 is 0 Å². The number of hydrogen-bond acceptors (Lipinski definition) is 3. The summed E-state index contributed by atoms with van der Waals surface area (Å²) in [6.45, 7) is 1.57. The predicted molar refractivity (Wildman–Crippen MR) is 90.3 cm³/mol. The first-order valence-electron chi connectivity index (χ1n) is 6.79. The van der Waals surface area contributed by atoms with Crippen LogP contribution in [0.2, 0.25) is 15.5 Å². The lowest BCUT2D eigenvalue weighted by Crippen LogP contribution is -2.01. The molecule has 128 valence electrons. The van der Waals surface area contributed by atoms with Gasteiger partial charge in [-0.05, 0) is 24.6 Å². The number of pyridine rings is 1. The van der Waals surface area contributed by atoms with Gasteiger partial charge in [-0.15, -0.1) is 5.10 Å². The van der Waals surface area contributed by atoms with Crippen LogP contribution in [-0.4, -0.2) is 15.2 Å². The monoisotopic (exact) mass is 403 g/mol. The molecule has 3 nitrogen and oxygen atoms in total. The molecule has 0 saturated carbocycles. The Morgan fingerprint density at radius 1 is 0.760 bits per heavy atom. The second-order valence-corrected chi connectivity index (χ2v) is 6.20. The molecule has 3 aromatic rings. The van der Waals surface area contributed by atoms with Gasteiger partial charge in [-0.25, -0.2) is 18.2 Å². The number of aromatic nitrogens is 3. The Labute approximate surface area is 155 Å². The highest BCUT2D eigenvalue weighted by molar-refractivity contribution is 6.34. The summed E-state index contributed by atoms with van der Waals surface area (Å²) in [6, 6.07) is 3.99. The van der Waals surface area contributed by atoms with Crippen molar-refractivity contribution >= 4 is 34.8 Å². The maximum absolute atomic E-state index is 14.3. The number of aryl methyl sites for hydroxylation is 1. The zero-order chi connectivity index (χ0) is 18.3. The molecule has 0 saturated heterocycles. The van der Waals surface area contributed by atoms with E-state index in [0.717, 1.165) is 0 Å². The molecule has 0 aliphatic carbocycles. The summed E-state index contributed by atoms with van der Waals surface area (Å²) in [4.78, 5) is 3.83. The average Bonchev–Trinajstić information content (AvgIpc) is 2.48. The van der Waals surface area contributed by atoms with Gasteiger partial charge in [0.05, 0.1) is 11.3 Å². The summed E-state index contributed by atoms with van der Waals surface area (Å²) in [5.74, 6) is -3.30. The lowest BCUT2D eigenvalue weighted by Gasteiger charge is -2.15. The van der Waals surface area contributed by atoms with Crippen molar-refractivity contribution in [2.75, 3.05) is 0 Å². The largest absolute Gasteiger partial charge is 0.224 e. The predicted octanol–water partition coefficient (Wildman–Crippen LogP) is 5.89. The van der Waals surface area contributed by atoms with Crippen molar-refractivity contribution in [3.8, 4) is 22.3 Å². The van der Waals surface area contributed by atoms with E-state index in [1.54, 1.807) is 6.92 Å². The van der Waals surface area contributed by atoms with Crippen molar-refractivity contribution in [3.05, 3.63) is 62.9 Å². The van der Waals surface area contributed by atoms with Gasteiger partial charge < -0.3 is 0 Å². The first-order valence-corrected chi connectivity index (χ1v) is 7.92. The molecule has 9 heteroatoms. The summed E-state index contributed by atoms with van der Waals surface area (Å²) >= 11 is 17.9. The maximum atomic E-state index is 14.3. The third kappa shape index (κ3) is 3.42. The summed E-state index contributed by atoms with van der Waals surface area (Å²) in [6.07, 6.45) is 0. The molecular weight excluding hydrogens is 398 g/mol. The van der Waals surface area contributed by atoms with Crippen molar-refractivity contribution in [2.24, 2.45) is 0 Å². The zero-order valence-electron chi connectivity index (χ0n) is 12.4. The molecule has 0 bridgehead atoms. The fraction of sp³-hybridized carbons (Fsp3) is 0.0625. The standard InChI is InChI=1S/C16H7Cl3F3N3/c1-6-13(7-2-11(17)23-12(18)3-7)15(16(19)25-24-6)14-9(21)4-8(20)5-10(14)22/h2-5H,1H3. The molecule has 0 spiro atoms. The summed E-state index contributed by atoms with van der Waals surface area (Å²) < 4.78 is 41.9. The van der Waals surface area contributed by atoms with E-state index in [0.29, 0.717) is 23.4 Å². The van der Waals surface area contributed by atoms with Gasteiger partial charge in [-0.3, -0.25) is 0 Å². The Morgan fingerprint density at radius 3 is 1.88 bits per heavy atom. The minimum Gasteiger partial charge on any atom is -0.224 e. The molecule has 0 atom stereocenters. The van der Waals surface area contributed by atoms with Crippen molar-refractivity contribution in [3.63, 3.8) is 0 Å². The van der Waals surface area contributed by atoms with Gasteiger partial charge in [0, 0.05) is 23.3 Å². The molecule has 0 unspecified atom stereocenters. The molecule has 0 aliphatic heterocycles. The summed E-state index contributed by atoms with van der Waals surface area (Å²) in [7, 11) is 0. The lowest BCUT2D eigenvalue weighted by molar-refractivity contribution is 0.548. The highest BCUT2D eigenvalue weighted by Gasteiger charge is 2.24. The molecule has 3 rings (SSSR count). The van der Waals surface area contributed by atoms with E-state index >= 15 is 0 Å². The van der Waals surface area contributed by atoms with Crippen LogP contribution in [0.5, 0.6) is 0 Å². The van der Waals surface area contributed by atoms with Crippen molar-refractivity contribution in [1.29, 1.82) is 0 Å². The summed E-state index contributed by atoms with van der Waals surface area (Å²) in [5.41, 5.74) is 0.361. The van der Waals surface area contributed by atoms with Crippen LogP contribution >= 0.6 is 34.8 Å². The van der Waals surface area contributed by atoms with E-state index in [9.17, 15) is 13.2 Å². The minimum absolute atomic E-state index is 0.0702. The average molecular weight is 405 g/mol. The first-order chi connectivity index (χ1) is 11.8. The normalized spacial score (nSPS) is 11.0. The molecule has 25 heavy (non-hydrogen) atoms. The smallest absolute Gasteiger partial charge is 0.160 e. The Morgan fingerprint density at radius 2 is 1.32 bits per heavy atom. The van der Waals surface area contributed by atoms with E-state index in [-0.39, 0.29) is 26.6 Å². The van der Waals surface area contributed by atoms with Gasteiger partial charge in [0.15, 0.2) is 5.15 Å². The van der Waals surface area contributed by atoms with E-state index < -0.39 is 23.0 Å². The van der Waals surface area contributed by atoms with Crippen LogP contribution in [0.25, 0.3) is 22.3 Å². The Balaban J connectivity index is 2.41. The fourth-order valence-corrected chi connectivity index (χ4v) is 3.16. The van der Waals surface area contributed by atoms with Gasteiger partial charge in [0.2, 0.25) is 0 Å². The number of halogens is 6. The van der Waals surface area contributed by atoms with Crippen molar-refractivity contribution in [2.45, 2.75) is 6.92 Å². The molecule has 2 aromatic heterocycles. The number of benzene rings is 1. The zero-order valence-corrected chi connectivity index (χ0v) is 14.7. The topological polar surface area (TPSA) is 38.7 Å². The van der Waals surface area contributed by atoms with Crippen LogP contribution in [0.1, 0.15) is 5.69 Å². The quantitative estimate of drug-likeness (QED) is 0.500. The van der Waals surface area contributed by atoms with Gasteiger partial charge in [0.1, 0.15) is 27.8 Å². The molecular formula is C16H7Cl3F3N3. The Hall–Kier alpha value is -1.89. The SMILES string of the molecule is Cc1nnc(Cl)c(-c2c(F)cc(F)cc2F)c1-c1cc(Cl)nc(Cl)c1. The van der Waals surface area contributed by atoms with E-state index in [4.69, 9.17) is 34.8 Å². The van der Waals surface area contributed by atoms with Crippen LogP contribution in [0.15, 0.2) is 24.3 Å². The van der Waals surface area contributed by atoms with Crippen LogP contribution in [-0.2, 0) is 0 Å². The summed E-state index contributed by atoms with van der Waals surface area (Å²) in [5, 5.41) is 7.45. The second-order valence-electron chi connectivity index (χ2n) is 5.07. The molecule has 0 amide bonds. The van der Waals surface area contributed by atoms with Gasteiger partial charge in [-0.1, -0.05) is 34.8 Å². The highest BCUT2D eigenvalue weighted by atomic mass is 35.5. The first kappa shape index (κ1) is 17.9. The van der Waals surface area contributed by atoms with Crippen LogP contribution in [0, 0.1) is 24.4 Å². The molecule has 0 N–H and O–H groups in total. The van der Waals surface area contributed by atoms with Crippen molar-refractivity contribution < 1.29 is 13.2 Å². The fourth-order valence-electron chi connectivity index (χ4n) is 2.47. The molecule has 0 radical (unpaired) electrons. The van der Waals surface area contributed by atoms with Crippen LogP contribution in [0.3, 0.4) is 0 Å². The maximum Gasteiger partial charge on any atom is 0.160 e. The van der Waals surface area contributed by atoms with Gasteiger partial charge >= 0.3 is 0 Å². The minimum atomic E-state index is -1.13. The third-order valence-electron chi connectivity index (χ3n) is 3.41. The highest BCUT2D eigenvalue weighted by Crippen LogP contribution is 2.41. The van der Waals surface area contributed by atoms with Crippen molar-refractivity contribution in [1.82, 2.24) is 15.2 Å². The van der Waals surface area contributed by atoms with Gasteiger partial charge in [0.25, 0.3) is 0 Å². The second kappa shape index (κ2) is 6.78. The van der Waals surface area contributed by atoms with Gasteiger partial charge in [-0.2, -0.15) is 5.10 Å². The lowest BCUT2D eigenvalue weighted by atomic mass is 9.95.